The van der Waals surface area contributed by atoms with Gasteiger partial charge in [0.2, 0.25) is 0 Å². The fourth-order valence-electron chi connectivity index (χ4n) is 2.21. The number of esters is 1. The number of hydrogen-bond donors (Lipinski definition) is 0. The zero-order valence-electron chi connectivity index (χ0n) is 8.42. The quantitative estimate of drug-likeness (QED) is 0.482. The van der Waals surface area contributed by atoms with Gasteiger partial charge in [0, 0.05) is 0 Å². The Bertz CT molecular complexity index is 247. The third kappa shape index (κ3) is 1.03. The van der Waals surface area contributed by atoms with Crippen LogP contribution >= 0.6 is 0 Å². The second-order valence-corrected chi connectivity index (χ2v) is 4.52. The van der Waals surface area contributed by atoms with E-state index >= 15 is 0 Å². The van der Waals surface area contributed by atoms with Crippen LogP contribution in [0.5, 0.6) is 0 Å². The Kier molecular flexibility index (Phi) is 1.71. The van der Waals surface area contributed by atoms with E-state index < -0.39 is 0 Å². The molecule has 13 heavy (non-hydrogen) atoms. The van der Waals surface area contributed by atoms with Gasteiger partial charge >= 0.3 is 5.97 Å². The van der Waals surface area contributed by atoms with E-state index in [-0.39, 0.29) is 23.1 Å². The molecule has 1 aliphatic heterocycles. The first-order chi connectivity index (χ1) is 6.03. The highest BCUT2D eigenvalue weighted by Gasteiger charge is 2.73. The Labute approximate surface area is 78.4 Å². The van der Waals surface area contributed by atoms with E-state index in [0.29, 0.717) is 6.61 Å². The minimum atomic E-state index is -0.281. The molecule has 3 nitrogen and oxygen atoms in total. The lowest BCUT2D eigenvalue weighted by Gasteiger charge is -2.42. The van der Waals surface area contributed by atoms with Gasteiger partial charge in [-0.15, -0.1) is 0 Å². The average molecular weight is 184 g/mol. The number of carbonyl (C=O) groups is 1. The zero-order valence-corrected chi connectivity index (χ0v) is 8.42. The Morgan fingerprint density at radius 3 is 2.54 bits per heavy atom. The van der Waals surface area contributed by atoms with Crippen molar-refractivity contribution in [2.45, 2.75) is 45.3 Å². The molecule has 0 N–H and O–H groups in total. The predicted molar refractivity (Wildman–Crippen MR) is 47.3 cm³/mol. The first-order valence-corrected chi connectivity index (χ1v) is 4.88. The van der Waals surface area contributed by atoms with Crippen LogP contribution in [0.15, 0.2) is 0 Å². The lowest BCUT2D eigenvalue weighted by atomic mass is 9.60. The van der Waals surface area contributed by atoms with Crippen molar-refractivity contribution in [1.29, 1.82) is 0 Å². The van der Waals surface area contributed by atoms with Crippen molar-refractivity contribution in [3.8, 4) is 0 Å². The van der Waals surface area contributed by atoms with Gasteiger partial charge in [-0.25, -0.2) is 4.79 Å². The SMILES string of the molecule is CCOC(=O)C1OC12CCC2(C)C. The molecule has 3 heteroatoms. The maximum Gasteiger partial charge on any atom is 0.338 e. The highest BCUT2D eigenvalue weighted by Crippen LogP contribution is 2.63. The molecule has 1 saturated carbocycles. The molecular formula is C10H16O3. The maximum absolute atomic E-state index is 11.4. The van der Waals surface area contributed by atoms with Gasteiger partial charge in [-0.2, -0.15) is 0 Å². The standard InChI is InChI=1S/C10H16O3/c1-4-12-8(11)7-10(13-7)6-5-9(10,2)3/h7H,4-6H2,1-3H3. The van der Waals surface area contributed by atoms with Crippen molar-refractivity contribution in [2.24, 2.45) is 5.41 Å². The first kappa shape index (κ1) is 9.00. The van der Waals surface area contributed by atoms with Gasteiger partial charge in [0.05, 0.1) is 6.61 Å². The van der Waals surface area contributed by atoms with Crippen molar-refractivity contribution in [3.63, 3.8) is 0 Å². The van der Waals surface area contributed by atoms with Crippen molar-refractivity contribution >= 4 is 5.97 Å². The molecule has 2 atom stereocenters. The molecular weight excluding hydrogens is 168 g/mol. The van der Waals surface area contributed by atoms with Crippen LogP contribution in [0, 0.1) is 5.41 Å². The molecule has 0 aromatic heterocycles. The lowest BCUT2D eigenvalue weighted by Crippen LogP contribution is -2.46. The molecule has 2 rings (SSSR count). The molecule has 0 bridgehead atoms. The lowest BCUT2D eigenvalue weighted by molar-refractivity contribution is -0.144. The summed E-state index contributed by atoms with van der Waals surface area (Å²) in [6.07, 6.45) is 1.86. The fourth-order valence-corrected chi connectivity index (χ4v) is 2.21. The van der Waals surface area contributed by atoms with Crippen LogP contribution in [0.3, 0.4) is 0 Å². The van der Waals surface area contributed by atoms with E-state index in [9.17, 15) is 4.79 Å². The highest BCUT2D eigenvalue weighted by molar-refractivity contribution is 5.80. The van der Waals surface area contributed by atoms with E-state index in [1.54, 1.807) is 0 Å². The van der Waals surface area contributed by atoms with E-state index in [4.69, 9.17) is 9.47 Å². The molecule has 0 aromatic rings. The van der Waals surface area contributed by atoms with Crippen molar-refractivity contribution in [3.05, 3.63) is 0 Å². The van der Waals surface area contributed by atoms with E-state index in [0.717, 1.165) is 12.8 Å². The molecule has 1 aliphatic carbocycles. The van der Waals surface area contributed by atoms with Crippen molar-refractivity contribution in [1.82, 2.24) is 0 Å². The van der Waals surface area contributed by atoms with Gasteiger partial charge in [0.15, 0.2) is 6.10 Å². The van der Waals surface area contributed by atoms with Crippen LogP contribution in [0.25, 0.3) is 0 Å². The average Bonchev–Trinajstić information content (AvgIpc) is 2.80. The molecule has 2 fully saturated rings. The molecule has 0 aromatic carbocycles. The van der Waals surface area contributed by atoms with Crippen molar-refractivity contribution in [2.75, 3.05) is 6.61 Å². The molecule has 2 unspecified atom stereocenters. The van der Waals surface area contributed by atoms with Crippen LogP contribution in [-0.2, 0) is 14.3 Å². The van der Waals surface area contributed by atoms with Gasteiger partial charge < -0.3 is 9.47 Å². The molecule has 0 amide bonds. The Balaban J connectivity index is 1.98. The largest absolute Gasteiger partial charge is 0.464 e. The molecule has 1 saturated heterocycles. The van der Waals surface area contributed by atoms with Gasteiger partial charge in [0.25, 0.3) is 0 Å². The maximum atomic E-state index is 11.4. The number of ether oxygens (including phenoxy) is 2. The van der Waals surface area contributed by atoms with Crippen LogP contribution in [0.2, 0.25) is 0 Å². The first-order valence-electron chi connectivity index (χ1n) is 4.88. The smallest absolute Gasteiger partial charge is 0.338 e. The molecule has 1 spiro atoms. The summed E-state index contributed by atoms with van der Waals surface area (Å²) >= 11 is 0. The third-order valence-electron chi connectivity index (χ3n) is 3.46. The summed E-state index contributed by atoms with van der Waals surface area (Å²) in [6, 6.07) is 0. The summed E-state index contributed by atoms with van der Waals surface area (Å²) < 4.78 is 10.4. The normalized spacial score (nSPS) is 39.8. The summed E-state index contributed by atoms with van der Waals surface area (Å²) in [5.74, 6) is -0.185. The van der Waals surface area contributed by atoms with E-state index in [1.165, 1.54) is 0 Å². The highest BCUT2D eigenvalue weighted by atomic mass is 16.7. The summed E-state index contributed by atoms with van der Waals surface area (Å²) in [4.78, 5) is 11.4. The van der Waals surface area contributed by atoms with Crippen LogP contribution in [0.1, 0.15) is 33.6 Å². The topological polar surface area (TPSA) is 38.8 Å². The minimum absolute atomic E-state index is 0.157. The van der Waals surface area contributed by atoms with Gasteiger partial charge in [0.1, 0.15) is 5.60 Å². The third-order valence-corrected chi connectivity index (χ3v) is 3.46. The Morgan fingerprint density at radius 1 is 1.54 bits per heavy atom. The number of hydrogen-bond acceptors (Lipinski definition) is 3. The van der Waals surface area contributed by atoms with Crippen molar-refractivity contribution < 1.29 is 14.3 Å². The van der Waals surface area contributed by atoms with Crippen LogP contribution in [0.4, 0.5) is 0 Å². The Morgan fingerprint density at radius 2 is 2.23 bits per heavy atom. The molecule has 0 radical (unpaired) electrons. The van der Waals surface area contributed by atoms with E-state index in [1.807, 2.05) is 6.92 Å². The summed E-state index contributed by atoms with van der Waals surface area (Å²) in [5, 5.41) is 0. The Hall–Kier alpha value is -0.570. The zero-order chi connectivity index (χ0) is 9.69. The van der Waals surface area contributed by atoms with Crippen LogP contribution < -0.4 is 0 Å². The summed E-state index contributed by atoms with van der Waals surface area (Å²) in [6.45, 7) is 6.56. The molecule has 1 heterocycles. The van der Waals surface area contributed by atoms with E-state index in [2.05, 4.69) is 13.8 Å². The second kappa shape index (κ2) is 2.47. The van der Waals surface area contributed by atoms with Gasteiger partial charge in [-0.05, 0) is 25.2 Å². The molecule has 2 aliphatic rings. The fraction of sp³-hybridized carbons (Fsp3) is 0.900. The summed E-state index contributed by atoms with van der Waals surface area (Å²) in [7, 11) is 0. The minimum Gasteiger partial charge on any atom is -0.464 e. The predicted octanol–water partition coefficient (Wildman–Crippen LogP) is 1.51. The molecule has 74 valence electrons. The van der Waals surface area contributed by atoms with Gasteiger partial charge in [-0.3, -0.25) is 0 Å². The monoisotopic (exact) mass is 184 g/mol. The number of rotatable bonds is 2. The number of carbonyl (C=O) groups excluding carboxylic acids is 1. The van der Waals surface area contributed by atoms with Gasteiger partial charge in [-0.1, -0.05) is 13.8 Å². The summed E-state index contributed by atoms with van der Waals surface area (Å²) in [5.41, 5.74) is -0.0102. The van der Waals surface area contributed by atoms with Crippen LogP contribution in [-0.4, -0.2) is 24.3 Å². The second-order valence-electron chi connectivity index (χ2n) is 4.52. The number of epoxide rings is 1.